The van der Waals surface area contributed by atoms with Crippen LogP contribution in [0.4, 0.5) is 10.1 Å². The van der Waals surface area contributed by atoms with Gasteiger partial charge in [-0.15, -0.1) is 0 Å². The Bertz CT molecular complexity index is 891. The Balaban J connectivity index is 2.57. The van der Waals surface area contributed by atoms with Gasteiger partial charge in [-0.25, -0.2) is 17.6 Å². The van der Waals surface area contributed by atoms with Crippen molar-refractivity contribution in [3.63, 3.8) is 0 Å². The zero-order valence-electron chi connectivity index (χ0n) is 13.5. The van der Waals surface area contributed by atoms with Crippen molar-refractivity contribution in [2.45, 2.75) is 31.6 Å². The maximum Gasteiger partial charge on any atom is 0.335 e. The molecule has 0 amide bonds. The van der Waals surface area contributed by atoms with Crippen LogP contribution in [0.3, 0.4) is 0 Å². The summed E-state index contributed by atoms with van der Waals surface area (Å²) in [5.74, 6) is -1.92. The predicted molar refractivity (Wildman–Crippen MR) is 89.4 cm³/mol. The molecule has 2 rings (SSSR count). The molecule has 2 aromatic carbocycles. The van der Waals surface area contributed by atoms with Gasteiger partial charge < -0.3 is 5.11 Å². The number of hydrogen-bond donors (Lipinski definition) is 2. The van der Waals surface area contributed by atoms with Crippen molar-refractivity contribution in [1.29, 1.82) is 0 Å². The Kier molecular flexibility index (Phi) is 4.94. The number of carboxylic acids is 1. The lowest BCUT2D eigenvalue weighted by atomic mass is 10.0. The highest BCUT2D eigenvalue weighted by molar-refractivity contribution is 7.92. The predicted octanol–water partition coefficient (Wildman–Crippen LogP) is 3.76. The van der Waals surface area contributed by atoms with E-state index in [9.17, 15) is 17.6 Å². The lowest BCUT2D eigenvalue weighted by molar-refractivity contribution is 0.0696. The first-order valence-electron chi connectivity index (χ1n) is 7.28. The third kappa shape index (κ3) is 3.73. The fourth-order valence-corrected chi connectivity index (χ4v) is 3.80. The molecule has 2 aromatic rings. The average Bonchev–Trinajstić information content (AvgIpc) is 2.50. The van der Waals surface area contributed by atoms with E-state index >= 15 is 0 Å². The summed E-state index contributed by atoms with van der Waals surface area (Å²) in [6, 6.07) is 7.75. The fraction of sp³-hybridized carbons (Fsp3) is 0.235. The van der Waals surface area contributed by atoms with Crippen LogP contribution in [0.2, 0.25) is 0 Å². The molecule has 0 aromatic heterocycles. The monoisotopic (exact) mass is 351 g/mol. The van der Waals surface area contributed by atoms with Crippen molar-refractivity contribution in [1.82, 2.24) is 0 Å². The van der Waals surface area contributed by atoms with Crippen molar-refractivity contribution >= 4 is 21.7 Å². The van der Waals surface area contributed by atoms with E-state index in [0.29, 0.717) is 11.1 Å². The van der Waals surface area contributed by atoms with E-state index in [0.717, 1.165) is 12.1 Å². The number of aromatic carboxylic acids is 1. The molecule has 5 nitrogen and oxygen atoms in total. The van der Waals surface area contributed by atoms with Gasteiger partial charge in [-0.1, -0.05) is 26.0 Å². The minimum Gasteiger partial charge on any atom is -0.478 e. The van der Waals surface area contributed by atoms with Gasteiger partial charge in [-0.05, 0) is 48.2 Å². The number of aryl methyl sites for hydroxylation is 1. The van der Waals surface area contributed by atoms with Gasteiger partial charge in [0, 0.05) is 0 Å². The first kappa shape index (κ1) is 17.9. The van der Waals surface area contributed by atoms with E-state index in [1.165, 1.54) is 24.3 Å². The van der Waals surface area contributed by atoms with E-state index in [1.807, 2.05) is 13.8 Å². The SMILES string of the molecule is Cc1ccc(F)cc1NS(=O)(=O)c1cc(C(=O)O)ccc1C(C)C. The summed E-state index contributed by atoms with van der Waals surface area (Å²) in [4.78, 5) is 11.0. The molecule has 0 aliphatic rings. The van der Waals surface area contributed by atoms with Crippen LogP contribution >= 0.6 is 0 Å². The molecular weight excluding hydrogens is 333 g/mol. The zero-order valence-corrected chi connectivity index (χ0v) is 14.3. The van der Waals surface area contributed by atoms with Gasteiger partial charge >= 0.3 is 5.97 Å². The summed E-state index contributed by atoms with van der Waals surface area (Å²) < 4.78 is 41.2. The number of benzene rings is 2. The molecule has 0 spiro atoms. The topological polar surface area (TPSA) is 83.5 Å². The Labute approximate surface area is 140 Å². The number of carboxylic acid groups (broad SMARTS) is 1. The normalized spacial score (nSPS) is 11.5. The largest absolute Gasteiger partial charge is 0.478 e. The summed E-state index contributed by atoms with van der Waals surface area (Å²) in [5.41, 5.74) is 1.03. The molecule has 0 aliphatic carbocycles. The van der Waals surface area contributed by atoms with E-state index < -0.39 is 21.8 Å². The van der Waals surface area contributed by atoms with Crippen molar-refractivity contribution in [2.75, 3.05) is 4.72 Å². The molecule has 0 aliphatic heterocycles. The maximum absolute atomic E-state index is 13.4. The van der Waals surface area contributed by atoms with Crippen molar-refractivity contribution in [3.8, 4) is 0 Å². The molecule has 24 heavy (non-hydrogen) atoms. The highest BCUT2D eigenvalue weighted by Gasteiger charge is 2.23. The van der Waals surface area contributed by atoms with Crippen LogP contribution in [0.1, 0.15) is 41.3 Å². The number of nitrogens with one attached hydrogen (secondary N) is 1. The molecule has 0 heterocycles. The van der Waals surface area contributed by atoms with Gasteiger partial charge in [0.25, 0.3) is 10.0 Å². The number of rotatable bonds is 5. The van der Waals surface area contributed by atoms with Crippen LogP contribution in [0, 0.1) is 12.7 Å². The molecule has 0 saturated carbocycles. The second kappa shape index (κ2) is 6.60. The van der Waals surface area contributed by atoms with Crippen LogP contribution in [-0.2, 0) is 10.0 Å². The van der Waals surface area contributed by atoms with Crippen LogP contribution in [0.15, 0.2) is 41.3 Å². The molecule has 0 bridgehead atoms. The summed E-state index contributed by atoms with van der Waals surface area (Å²) >= 11 is 0. The zero-order chi connectivity index (χ0) is 18.1. The Morgan fingerprint density at radius 1 is 1.17 bits per heavy atom. The number of anilines is 1. The first-order chi connectivity index (χ1) is 11.1. The lowest BCUT2D eigenvalue weighted by Crippen LogP contribution is -2.17. The molecule has 0 saturated heterocycles. The third-order valence-electron chi connectivity index (χ3n) is 3.62. The van der Waals surface area contributed by atoms with Crippen molar-refractivity contribution in [3.05, 3.63) is 58.9 Å². The summed E-state index contributed by atoms with van der Waals surface area (Å²) in [6.07, 6.45) is 0. The Hall–Kier alpha value is -2.41. The highest BCUT2D eigenvalue weighted by Crippen LogP contribution is 2.28. The standard InChI is InChI=1S/C17H18FNO4S/c1-10(2)14-7-5-12(17(20)21)8-16(14)24(22,23)19-15-9-13(18)6-4-11(15)3/h4-10,19H,1-3H3,(H,20,21). The molecule has 0 unspecified atom stereocenters. The minimum atomic E-state index is -4.06. The number of carbonyl (C=O) groups is 1. The van der Waals surface area contributed by atoms with Gasteiger partial charge in [0.15, 0.2) is 0 Å². The van der Waals surface area contributed by atoms with E-state index in [4.69, 9.17) is 5.11 Å². The minimum absolute atomic E-state index is 0.116. The van der Waals surface area contributed by atoms with E-state index in [2.05, 4.69) is 4.72 Å². The van der Waals surface area contributed by atoms with Crippen LogP contribution in [0.5, 0.6) is 0 Å². The number of hydrogen-bond acceptors (Lipinski definition) is 3. The molecule has 0 fully saturated rings. The smallest absolute Gasteiger partial charge is 0.335 e. The number of sulfonamides is 1. The second-order valence-corrected chi connectivity index (χ2v) is 7.43. The summed E-state index contributed by atoms with van der Waals surface area (Å²) in [7, 11) is -4.06. The Morgan fingerprint density at radius 2 is 1.83 bits per heavy atom. The van der Waals surface area contributed by atoms with Crippen LogP contribution in [-0.4, -0.2) is 19.5 Å². The number of halogens is 1. The van der Waals surface area contributed by atoms with Gasteiger partial charge in [0.2, 0.25) is 0 Å². The maximum atomic E-state index is 13.4. The van der Waals surface area contributed by atoms with Crippen LogP contribution in [0.25, 0.3) is 0 Å². The van der Waals surface area contributed by atoms with Crippen molar-refractivity contribution in [2.24, 2.45) is 0 Å². The van der Waals surface area contributed by atoms with E-state index in [1.54, 1.807) is 6.92 Å². The Morgan fingerprint density at radius 3 is 2.42 bits per heavy atom. The van der Waals surface area contributed by atoms with Crippen LogP contribution < -0.4 is 4.72 Å². The first-order valence-corrected chi connectivity index (χ1v) is 8.76. The third-order valence-corrected chi connectivity index (χ3v) is 5.04. The highest BCUT2D eigenvalue weighted by atomic mass is 32.2. The average molecular weight is 351 g/mol. The quantitative estimate of drug-likeness (QED) is 0.859. The summed E-state index contributed by atoms with van der Waals surface area (Å²) in [6.45, 7) is 5.26. The molecule has 2 N–H and O–H groups in total. The van der Waals surface area contributed by atoms with E-state index in [-0.39, 0.29) is 22.1 Å². The fourth-order valence-electron chi connectivity index (χ4n) is 2.28. The summed E-state index contributed by atoms with van der Waals surface area (Å²) in [5, 5.41) is 9.11. The molecule has 7 heteroatoms. The molecule has 0 atom stereocenters. The van der Waals surface area contributed by atoms with Crippen molar-refractivity contribution < 1.29 is 22.7 Å². The van der Waals surface area contributed by atoms with Gasteiger partial charge in [-0.2, -0.15) is 0 Å². The molecule has 0 radical (unpaired) electrons. The molecular formula is C17H18FNO4S. The van der Waals surface area contributed by atoms with Gasteiger partial charge in [0.05, 0.1) is 16.1 Å². The van der Waals surface area contributed by atoms with Gasteiger partial charge in [-0.3, -0.25) is 4.72 Å². The van der Waals surface area contributed by atoms with Gasteiger partial charge in [0.1, 0.15) is 5.82 Å². The lowest BCUT2D eigenvalue weighted by Gasteiger charge is -2.16. The second-order valence-electron chi connectivity index (χ2n) is 5.78. The molecule has 128 valence electrons.